The van der Waals surface area contributed by atoms with Crippen molar-refractivity contribution in [3.05, 3.63) is 52.9 Å². The number of ether oxygens (including phenoxy) is 1. The number of rotatable bonds is 5. The lowest BCUT2D eigenvalue weighted by Crippen LogP contribution is -2.34. The fraction of sp³-hybridized carbons (Fsp3) is 0.421. The number of nitrogens with zero attached hydrogens (tertiary/aromatic N) is 2. The third kappa shape index (κ3) is 4.10. The van der Waals surface area contributed by atoms with E-state index in [2.05, 4.69) is 11.8 Å². The largest absolute Gasteiger partial charge is 0.492 e. The Morgan fingerprint density at radius 2 is 1.83 bits per heavy atom. The molecule has 1 aromatic heterocycles. The van der Waals surface area contributed by atoms with Gasteiger partial charge in [0.25, 0.3) is 5.56 Å². The van der Waals surface area contributed by atoms with E-state index in [1.54, 1.807) is 22.8 Å². The summed E-state index contributed by atoms with van der Waals surface area (Å²) in [5.74, 6) is 1.55. The molecule has 3 rings (SSSR count). The quantitative estimate of drug-likeness (QED) is 0.858. The molecule has 0 aliphatic carbocycles. The van der Waals surface area contributed by atoms with Crippen molar-refractivity contribution in [2.75, 3.05) is 30.3 Å². The van der Waals surface area contributed by atoms with E-state index in [0.717, 1.165) is 30.4 Å². The molecular weight excluding hydrogens is 302 g/mol. The van der Waals surface area contributed by atoms with Crippen LogP contribution in [0.25, 0.3) is 0 Å². The Hall–Kier alpha value is -2.43. The zero-order chi connectivity index (χ0) is 16.9. The van der Waals surface area contributed by atoms with Gasteiger partial charge in [-0.15, -0.1) is 0 Å². The first kappa shape index (κ1) is 16.4. The van der Waals surface area contributed by atoms with Gasteiger partial charge in [-0.2, -0.15) is 0 Å². The molecule has 0 spiro atoms. The summed E-state index contributed by atoms with van der Waals surface area (Å²) in [6.07, 6.45) is 4.36. The van der Waals surface area contributed by atoms with Gasteiger partial charge < -0.3 is 19.9 Å². The number of nitrogen functional groups attached to an aromatic ring is 1. The maximum absolute atomic E-state index is 12.1. The first-order valence-electron chi connectivity index (χ1n) is 8.55. The summed E-state index contributed by atoms with van der Waals surface area (Å²) in [4.78, 5) is 14.4. The molecule has 2 N–H and O–H groups in total. The summed E-state index contributed by atoms with van der Waals surface area (Å²) in [5.41, 5.74) is 7.49. The van der Waals surface area contributed by atoms with E-state index >= 15 is 0 Å². The van der Waals surface area contributed by atoms with E-state index in [4.69, 9.17) is 10.5 Å². The van der Waals surface area contributed by atoms with Crippen molar-refractivity contribution in [2.45, 2.75) is 26.3 Å². The second-order valence-electron chi connectivity index (χ2n) is 6.51. The predicted molar refractivity (Wildman–Crippen MR) is 97.7 cm³/mol. The van der Waals surface area contributed by atoms with Gasteiger partial charge in [0.05, 0.1) is 12.2 Å². The predicted octanol–water partition coefficient (Wildman–Crippen LogP) is 2.75. The van der Waals surface area contributed by atoms with Crippen LogP contribution in [0, 0.1) is 5.92 Å². The molecule has 1 fully saturated rings. The van der Waals surface area contributed by atoms with Gasteiger partial charge in [0, 0.05) is 31.0 Å². The first-order valence-corrected chi connectivity index (χ1v) is 8.55. The maximum atomic E-state index is 12.1. The second-order valence-corrected chi connectivity index (χ2v) is 6.51. The Morgan fingerprint density at radius 3 is 2.54 bits per heavy atom. The topological polar surface area (TPSA) is 60.5 Å². The molecule has 0 saturated carbocycles. The molecular formula is C19H25N3O2. The van der Waals surface area contributed by atoms with Gasteiger partial charge in [-0.05, 0) is 49.1 Å². The minimum Gasteiger partial charge on any atom is -0.492 e. The highest BCUT2D eigenvalue weighted by molar-refractivity contribution is 5.44. The minimum atomic E-state index is 0.00466. The van der Waals surface area contributed by atoms with Gasteiger partial charge in [-0.3, -0.25) is 4.79 Å². The molecule has 1 aromatic carbocycles. The van der Waals surface area contributed by atoms with Crippen LogP contribution >= 0.6 is 0 Å². The van der Waals surface area contributed by atoms with E-state index in [9.17, 15) is 4.79 Å². The highest BCUT2D eigenvalue weighted by atomic mass is 16.5. The van der Waals surface area contributed by atoms with Crippen LogP contribution in [0.3, 0.4) is 0 Å². The maximum Gasteiger partial charge on any atom is 0.250 e. The summed E-state index contributed by atoms with van der Waals surface area (Å²) in [6.45, 7) is 5.39. The Labute approximate surface area is 142 Å². The van der Waals surface area contributed by atoms with Gasteiger partial charge in [0.2, 0.25) is 0 Å². The second kappa shape index (κ2) is 7.43. The molecule has 1 aliphatic heterocycles. The van der Waals surface area contributed by atoms with Crippen molar-refractivity contribution < 1.29 is 4.74 Å². The summed E-state index contributed by atoms with van der Waals surface area (Å²) >= 11 is 0. The first-order chi connectivity index (χ1) is 11.6. The molecule has 0 amide bonds. The number of benzene rings is 1. The number of pyridine rings is 1. The molecule has 5 heteroatoms. The molecule has 1 aliphatic rings. The molecule has 24 heavy (non-hydrogen) atoms. The van der Waals surface area contributed by atoms with Crippen molar-refractivity contribution in [3.8, 4) is 5.75 Å². The number of piperidine rings is 1. The van der Waals surface area contributed by atoms with Crippen LogP contribution in [0.1, 0.15) is 19.8 Å². The Kier molecular flexibility index (Phi) is 5.08. The van der Waals surface area contributed by atoms with Crippen LogP contribution in [0.2, 0.25) is 0 Å². The normalized spacial score (nSPS) is 15.5. The van der Waals surface area contributed by atoms with E-state index in [-0.39, 0.29) is 5.56 Å². The zero-order valence-electron chi connectivity index (χ0n) is 14.1. The molecule has 1 saturated heterocycles. The average molecular weight is 327 g/mol. The Morgan fingerprint density at radius 1 is 1.12 bits per heavy atom. The summed E-state index contributed by atoms with van der Waals surface area (Å²) in [7, 11) is 0. The van der Waals surface area contributed by atoms with Crippen LogP contribution in [0.15, 0.2) is 47.4 Å². The lowest BCUT2D eigenvalue weighted by molar-refractivity contribution is 0.296. The molecule has 128 valence electrons. The number of nitrogens with two attached hydrogens (primary N) is 1. The van der Waals surface area contributed by atoms with Crippen LogP contribution in [-0.2, 0) is 6.54 Å². The average Bonchev–Trinajstić information content (AvgIpc) is 2.59. The van der Waals surface area contributed by atoms with Crippen molar-refractivity contribution >= 4 is 11.4 Å². The van der Waals surface area contributed by atoms with Crippen LogP contribution in [0.5, 0.6) is 5.75 Å². The van der Waals surface area contributed by atoms with E-state index < -0.39 is 0 Å². The third-order valence-corrected chi connectivity index (χ3v) is 4.60. The van der Waals surface area contributed by atoms with Crippen molar-refractivity contribution in [1.82, 2.24) is 4.57 Å². The van der Waals surface area contributed by atoms with Crippen molar-refractivity contribution in [1.29, 1.82) is 0 Å². The van der Waals surface area contributed by atoms with E-state index in [0.29, 0.717) is 18.8 Å². The summed E-state index contributed by atoms with van der Waals surface area (Å²) < 4.78 is 7.42. The monoisotopic (exact) mass is 327 g/mol. The van der Waals surface area contributed by atoms with E-state index in [1.807, 2.05) is 24.4 Å². The molecule has 0 atom stereocenters. The molecule has 5 nitrogen and oxygen atoms in total. The number of aromatic nitrogens is 1. The third-order valence-electron chi connectivity index (χ3n) is 4.60. The van der Waals surface area contributed by atoms with Gasteiger partial charge in [0.15, 0.2) is 0 Å². The van der Waals surface area contributed by atoms with Crippen LogP contribution in [-0.4, -0.2) is 24.3 Å². The molecule has 0 radical (unpaired) electrons. The fourth-order valence-electron chi connectivity index (χ4n) is 2.97. The SMILES string of the molecule is CC1CCN(c2ccc(=O)n(CCOc3ccc(N)cc3)c2)CC1. The Balaban J connectivity index is 1.61. The standard InChI is InChI=1S/C19H25N3O2/c1-15-8-10-21(11-9-15)17-4-7-19(23)22(14-17)12-13-24-18-5-2-16(20)3-6-18/h2-7,14-15H,8-13,20H2,1H3. The fourth-order valence-corrected chi connectivity index (χ4v) is 2.97. The van der Waals surface area contributed by atoms with E-state index in [1.165, 1.54) is 12.8 Å². The van der Waals surface area contributed by atoms with Gasteiger partial charge in [0.1, 0.15) is 12.4 Å². The Bertz CT molecular complexity index is 716. The van der Waals surface area contributed by atoms with Gasteiger partial charge in [-0.1, -0.05) is 6.92 Å². The molecule has 0 bridgehead atoms. The van der Waals surface area contributed by atoms with Crippen LogP contribution in [0.4, 0.5) is 11.4 Å². The van der Waals surface area contributed by atoms with Gasteiger partial charge in [-0.25, -0.2) is 0 Å². The smallest absolute Gasteiger partial charge is 0.250 e. The minimum absolute atomic E-state index is 0.00466. The highest BCUT2D eigenvalue weighted by Gasteiger charge is 2.16. The van der Waals surface area contributed by atoms with Crippen LogP contribution < -0.4 is 20.9 Å². The van der Waals surface area contributed by atoms with Gasteiger partial charge >= 0.3 is 0 Å². The summed E-state index contributed by atoms with van der Waals surface area (Å²) in [5, 5.41) is 0. The molecule has 2 heterocycles. The van der Waals surface area contributed by atoms with Crippen molar-refractivity contribution in [3.63, 3.8) is 0 Å². The number of hydrogen-bond donors (Lipinski definition) is 1. The number of hydrogen-bond acceptors (Lipinski definition) is 4. The van der Waals surface area contributed by atoms with Crippen molar-refractivity contribution in [2.24, 2.45) is 5.92 Å². The highest BCUT2D eigenvalue weighted by Crippen LogP contribution is 2.21. The lowest BCUT2D eigenvalue weighted by Gasteiger charge is -2.32. The summed E-state index contributed by atoms with van der Waals surface area (Å²) in [6, 6.07) is 10.9. The lowest BCUT2D eigenvalue weighted by atomic mass is 9.99. The number of anilines is 2. The molecule has 0 unspecified atom stereocenters. The molecule has 2 aromatic rings. The zero-order valence-corrected chi connectivity index (χ0v) is 14.1.